The first kappa shape index (κ1) is 24.8. The Kier molecular flexibility index (Phi) is 8.56. The third-order valence-electron chi connectivity index (χ3n) is 5.25. The van der Waals surface area contributed by atoms with E-state index in [2.05, 4.69) is 25.8 Å². The first-order valence-corrected chi connectivity index (χ1v) is 11.0. The summed E-state index contributed by atoms with van der Waals surface area (Å²) in [6.45, 7) is 8.60. The van der Waals surface area contributed by atoms with E-state index >= 15 is 0 Å². The number of nitrogens with zero attached hydrogens (tertiary/aromatic N) is 3. The van der Waals surface area contributed by atoms with E-state index < -0.39 is 6.09 Å². The average Bonchev–Trinajstić information content (AvgIpc) is 2.68. The molecule has 2 rings (SSSR count). The Morgan fingerprint density at radius 3 is 2.39 bits per heavy atom. The van der Waals surface area contributed by atoms with Gasteiger partial charge >= 0.3 is 6.09 Å². The molecule has 0 atom stereocenters. The minimum absolute atomic E-state index is 0.0288. The molecule has 1 saturated carbocycles. The average molecular weight is 434 g/mol. The molecule has 0 unspecified atom stereocenters. The molecule has 8 nitrogen and oxygen atoms in total. The predicted octanol–water partition coefficient (Wildman–Crippen LogP) is 3.65. The number of aromatic nitrogens is 1. The molecule has 31 heavy (non-hydrogen) atoms. The predicted molar refractivity (Wildman–Crippen MR) is 123 cm³/mol. The van der Waals surface area contributed by atoms with Gasteiger partial charge in [0, 0.05) is 20.6 Å². The lowest BCUT2D eigenvalue weighted by Crippen LogP contribution is -2.37. The Labute approximate surface area is 186 Å². The van der Waals surface area contributed by atoms with Crippen LogP contribution in [0.5, 0.6) is 5.75 Å². The smallest absolute Gasteiger partial charge is 0.409 e. The summed E-state index contributed by atoms with van der Waals surface area (Å²) in [5, 5.41) is 1.36. The highest BCUT2D eigenvalue weighted by molar-refractivity contribution is 5.68. The third kappa shape index (κ3) is 7.61. The summed E-state index contributed by atoms with van der Waals surface area (Å²) < 4.78 is 11.6. The highest BCUT2D eigenvalue weighted by Gasteiger charge is 2.21. The molecule has 8 heteroatoms. The molecule has 1 amide bonds. The van der Waals surface area contributed by atoms with Gasteiger partial charge in [-0.2, -0.15) is 0 Å². The second-order valence-corrected chi connectivity index (χ2v) is 9.60. The Bertz CT molecular complexity index is 780. The molecule has 1 fully saturated rings. The van der Waals surface area contributed by atoms with E-state index in [1.54, 1.807) is 19.0 Å². The summed E-state index contributed by atoms with van der Waals surface area (Å²) in [4.78, 5) is 18.5. The monoisotopic (exact) mass is 433 g/mol. The summed E-state index contributed by atoms with van der Waals surface area (Å²) >= 11 is 0. The quantitative estimate of drug-likeness (QED) is 0.499. The largest absolute Gasteiger partial charge is 0.489 e. The number of hydrazine groups is 1. The lowest BCUT2D eigenvalue weighted by molar-refractivity contribution is 0.101. The second kappa shape index (κ2) is 10.7. The number of carbonyl (C=O) groups is 1. The lowest BCUT2D eigenvalue weighted by Gasteiger charge is -2.27. The summed E-state index contributed by atoms with van der Waals surface area (Å²) in [7, 11) is 3.37. The van der Waals surface area contributed by atoms with Crippen LogP contribution >= 0.6 is 0 Å². The van der Waals surface area contributed by atoms with E-state index in [9.17, 15) is 4.79 Å². The van der Waals surface area contributed by atoms with Crippen LogP contribution in [0.15, 0.2) is 17.8 Å². The molecular formula is C23H39N5O3. The first-order valence-electron chi connectivity index (χ1n) is 11.0. The van der Waals surface area contributed by atoms with Crippen molar-refractivity contribution in [3.8, 4) is 5.75 Å². The van der Waals surface area contributed by atoms with Gasteiger partial charge in [-0.3, -0.25) is 0 Å². The summed E-state index contributed by atoms with van der Waals surface area (Å²) in [6, 6.07) is 3.72. The Morgan fingerprint density at radius 1 is 1.19 bits per heavy atom. The summed E-state index contributed by atoms with van der Waals surface area (Å²) in [6.07, 6.45) is 5.69. The van der Waals surface area contributed by atoms with Gasteiger partial charge in [0.05, 0.1) is 28.9 Å². The number of aryl methyl sites for hydroxylation is 1. The van der Waals surface area contributed by atoms with Crippen LogP contribution in [0.25, 0.3) is 5.70 Å². The Hall–Kier alpha value is -2.48. The standard InChI is InChI=1S/C23H39N5O3/c1-16-20(31-17-10-8-7-9-11-17)13-12-18(26-16)21(24)19(28(6)25)14-30-22(29)27(5)15-23(2,3)4/h12-13,17H,7-11,14-15,24-25H2,1-6H3/b21-19-. The number of carbonyl (C=O) groups excluding carboxylic acids is 1. The van der Waals surface area contributed by atoms with Gasteiger partial charge in [0.25, 0.3) is 0 Å². The van der Waals surface area contributed by atoms with Gasteiger partial charge < -0.3 is 25.1 Å². The number of rotatable bonds is 7. The van der Waals surface area contributed by atoms with Crippen molar-refractivity contribution in [1.29, 1.82) is 0 Å². The molecule has 0 saturated heterocycles. The molecule has 0 aromatic carbocycles. The number of ether oxygens (including phenoxy) is 2. The molecule has 0 bridgehead atoms. The van der Waals surface area contributed by atoms with Gasteiger partial charge in [-0.15, -0.1) is 0 Å². The molecule has 1 aliphatic carbocycles. The molecule has 0 radical (unpaired) electrons. The number of likely N-dealkylation sites (N-methyl/N-ethyl adjacent to an activating group) is 1. The fourth-order valence-electron chi connectivity index (χ4n) is 3.72. The highest BCUT2D eigenvalue weighted by Crippen LogP contribution is 2.26. The number of nitrogens with two attached hydrogens (primary N) is 2. The van der Waals surface area contributed by atoms with Crippen molar-refractivity contribution in [3.63, 3.8) is 0 Å². The number of hydrogen-bond donors (Lipinski definition) is 2. The molecule has 0 aliphatic heterocycles. The van der Waals surface area contributed by atoms with E-state index in [0.29, 0.717) is 23.6 Å². The van der Waals surface area contributed by atoms with Crippen LogP contribution in [0.4, 0.5) is 4.79 Å². The number of hydrogen-bond acceptors (Lipinski definition) is 7. The van der Waals surface area contributed by atoms with Gasteiger partial charge in [0.2, 0.25) is 0 Å². The molecule has 0 spiro atoms. The van der Waals surface area contributed by atoms with Gasteiger partial charge in [-0.25, -0.2) is 15.6 Å². The van der Waals surface area contributed by atoms with Gasteiger partial charge in [-0.1, -0.05) is 27.2 Å². The van der Waals surface area contributed by atoms with Crippen molar-refractivity contribution in [2.75, 3.05) is 27.2 Å². The van der Waals surface area contributed by atoms with E-state index in [0.717, 1.165) is 24.3 Å². The zero-order valence-electron chi connectivity index (χ0n) is 19.9. The van der Waals surface area contributed by atoms with Crippen molar-refractivity contribution in [1.82, 2.24) is 14.9 Å². The molecule has 1 aromatic rings. The van der Waals surface area contributed by atoms with Crippen molar-refractivity contribution in [3.05, 3.63) is 29.2 Å². The molecule has 1 aromatic heterocycles. The van der Waals surface area contributed by atoms with Crippen molar-refractivity contribution in [2.45, 2.75) is 65.9 Å². The van der Waals surface area contributed by atoms with Gasteiger partial charge in [0.1, 0.15) is 12.4 Å². The molecular weight excluding hydrogens is 394 g/mol. The number of amides is 1. The van der Waals surface area contributed by atoms with Gasteiger partial charge in [0.15, 0.2) is 0 Å². The van der Waals surface area contributed by atoms with Crippen molar-refractivity contribution < 1.29 is 14.3 Å². The number of pyridine rings is 1. The van der Waals surface area contributed by atoms with Crippen LogP contribution < -0.4 is 16.3 Å². The molecule has 1 heterocycles. The molecule has 1 aliphatic rings. The second-order valence-electron chi connectivity index (χ2n) is 9.60. The fourth-order valence-corrected chi connectivity index (χ4v) is 3.72. The van der Waals surface area contributed by atoms with E-state index in [1.807, 2.05) is 19.1 Å². The van der Waals surface area contributed by atoms with Crippen LogP contribution in [-0.4, -0.2) is 54.3 Å². The first-order chi connectivity index (χ1) is 14.5. The Balaban J connectivity index is 2.11. The topological polar surface area (TPSA) is 107 Å². The summed E-state index contributed by atoms with van der Waals surface area (Å²) in [5.41, 5.74) is 8.51. The SMILES string of the molecule is Cc1nc(/C(N)=C(\COC(=O)N(C)CC(C)(C)C)N(C)N)ccc1OC1CCCCC1. The molecule has 4 N–H and O–H groups in total. The van der Waals surface area contributed by atoms with Crippen LogP contribution in [0.2, 0.25) is 0 Å². The van der Waals surface area contributed by atoms with Crippen molar-refractivity contribution in [2.24, 2.45) is 17.0 Å². The zero-order chi connectivity index (χ0) is 23.2. The lowest BCUT2D eigenvalue weighted by atomic mass is 9.96. The van der Waals surface area contributed by atoms with Crippen LogP contribution in [0, 0.1) is 12.3 Å². The van der Waals surface area contributed by atoms with Crippen LogP contribution in [0.3, 0.4) is 0 Å². The maximum Gasteiger partial charge on any atom is 0.409 e. The minimum Gasteiger partial charge on any atom is -0.489 e. The Morgan fingerprint density at radius 2 is 1.84 bits per heavy atom. The summed E-state index contributed by atoms with van der Waals surface area (Å²) in [5.74, 6) is 6.75. The van der Waals surface area contributed by atoms with Crippen molar-refractivity contribution >= 4 is 11.8 Å². The zero-order valence-corrected chi connectivity index (χ0v) is 19.9. The normalized spacial score (nSPS) is 15.8. The minimum atomic E-state index is -0.428. The van der Waals surface area contributed by atoms with Crippen LogP contribution in [0.1, 0.15) is 64.3 Å². The van der Waals surface area contributed by atoms with E-state index in [-0.39, 0.29) is 18.1 Å². The van der Waals surface area contributed by atoms with Gasteiger partial charge in [-0.05, 0) is 50.2 Å². The molecule has 174 valence electrons. The van der Waals surface area contributed by atoms with E-state index in [4.69, 9.17) is 21.1 Å². The maximum atomic E-state index is 12.3. The van der Waals surface area contributed by atoms with Crippen LogP contribution in [-0.2, 0) is 4.74 Å². The third-order valence-corrected chi connectivity index (χ3v) is 5.25. The van der Waals surface area contributed by atoms with E-state index in [1.165, 1.54) is 24.3 Å². The maximum absolute atomic E-state index is 12.3. The highest BCUT2D eigenvalue weighted by atomic mass is 16.6. The fraction of sp³-hybridized carbons (Fsp3) is 0.652.